The molecule has 0 heterocycles. The highest BCUT2D eigenvalue weighted by atomic mass is 35.5. The Hall–Kier alpha value is -1.36. The SMILES string of the molecule is O=[N+]([O-])c1ccc(Cl)c(O)c1F. The topological polar surface area (TPSA) is 63.4 Å². The predicted molar refractivity (Wildman–Crippen MR) is 39.7 cm³/mol. The highest BCUT2D eigenvalue weighted by molar-refractivity contribution is 6.32. The Morgan fingerprint density at radius 2 is 2.17 bits per heavy atom. The van der Waals surface area contributed by atoms with Crippen LogP contribution in [-0.4, -0.2) is 10.0 Å². The summed E-state index contributed by atoms with van der Waals surface area (Å²) < 4.78 is 12.7. The summed E-state index contributed by atoms with van der Waals surface area (Å²) >= 11 is 5.28. The molecule has 0 aliphatic carbocycles. The van der Waals surface area contributed by atoms with Crippen molar-refractivity contribution in [2.45, 2.75) is 0 Å². The lowest BCUT2D eigenvalue weighted by molar-refractivity contribution is -0.387. The molecule has 1 aromatic rings. The van der Waals surface area contributed by atoms with E-state index in [1.807, 2.05) is 0 Å². The Bertz CT molecular complexity index is 342. The molecule has 0 saturated heterocycles. The van der Waals surface area contributed by atoms with Crippen molar-refractivity contribution in [3.63, 3.8) is 0 Å². The third-order valence-electron chi connectivity index (χ3n) is 1.24. The molecule has 1 rings (SSSR count). The van der Waals surface area contributed by atoms with Crippen LogP contribution < -0.4 is 0 Å². The fraction of sp³-hybridized carbons (Fsp3) is 0. The van der Waals surface area contributed by atoms with Gasteiger partial charge in [0.2, 0.25) is 5.82 Å². The minimum absolute atomic E-state index is 0.252. The number of phenolic OH excluding ortho intramolecular Hbond substituents is 1. The molecule has 0 aliphatic heterocycles. The summed E-state index contributed by atoms with van der Waals surface area (Å²) in [5.74, 6) is -2.21. The van der Waals surface area contributed by atoms with Crippen LogP contribution in [0.4, 0.5) is 10.1 Å². The maximum atomic E-state index is 12.7. The van der Waals surface area contributed by atoms with Crippen molar-refractivity contribution in [2.75, 3.05) is 0 Å². The van der Waals surface area contributed by atoms with Gasteiger partial charge in [-0.25, -0.2) is 0 Å². The van der Waals surface area contributed by atoms with Crippen molar-refractivity contribution in [3.05, 3.63) is 33.1 Å². The molecule has 0 unspecified atom stereocenters. The fourth-order valence-corrected chi connectivity index (χ4v) is 0.817. The Morgan fingerprint density at radius 3 is 2.67 bits per heavy atom. The van der Waals surface area contributed by atoms with Gasteiger partial charge in [-0.15, -0.1) is 0 Å². The van der Waals surface area contributed by atoms with Gasteiger partial charge in [-0.2, -0.15) is 4.39 Å². The van der Waals surface area contributed by atoms with Crippen LogP contribution >= 0.6 is 11.6 Å². The third-order valence-corrected chi connectivity index (χ3v) is 1.55. The lowest BCUT2D eigenvalue weighted by atomic mass is 10.3. The molecular weight excluding hydrogens is 189 g/mol. The van der Waals surface area contributed by atoms with Gasteiger partial charge in [-0.3, -0.25) is 10.1 Å². The second-order valence-corrected chi connectivity index (χ2v) is 2.39. The van der Waals surface area contributed by atoms with Gasteiger partial charge in [0.25, 0.3) is 0 Å². The number of rotatable bonds is 1. The molecule has 0 spiro atoms. The molecule has 0 aliphatic rings. The Labute approximate surface area is 71.3 Å². The second-order valence-electron chi connectivity index (χ2n) is 1.99. The highest BCUT2D eigenvalue weighted by Crippen LogP contribution is 2.31. The van der Waals surface area contributed by atoms with E-state index in [-0.39, 0.29) is 5.02 Å². The molecule has 12 heavy (non-hydrogen) atoms. The summed E-state index contributed by atoms with van der Waals surface area (Å²) in [5, 5.41) is 18.7. The van der Waals surface area contributed by atoms with Crippen LogP contribution in [0.1, 0.15) is 0 Å². The van der Waals surface area contributed by atoms with Crippen molar-refractivity contribution >= 4 is 17.3 Å². The van der Waals surface area contributed by atoms with E-state index in [0.29, 0.717) is 0 Å². The van der Waals surface area contributed by atoms with Gasteiger partial charge < -0.3 is 5.11 Å². The number of benzene rings is 1. The number of aromatic hydroxyl groups is 1. The summed E-state index contributed by atoms with van der Waals surface area (Å²) in [6, 6.07) is 1.94. The van der Waals surface area contributed by atoms with Gasteiger partial charge in [-0.05, 0) is 6.07 Å². The molecule has 0 radical (unpaired) electrons. The van der Waals surface area contributed by atoms with E-state index in [4.69, 9.17) is 16.7 Å². The van der Waals surface area contributed by atoms with Gasteiger partial charge in [0.1, 0.15) is 0 Å². The van der Waals surface area contributed by atoms with Gasteiger partial charge >= 0.3 is 5.69 Å². The van der Waals surface area contributed by atoms with E-state index in [0.717, 1.165) is 12.1 Å². The van der Waals surface area contributed by atoms with Crippen molar-refractivity contribution in [1.82, 2.24) is 0 Å². The van der Waals surface area contributed by atoms with Crippen molar-refractivity contribution in [3.8, 4) is 5.75 Å². The number of hydrogen-bond acceptors (Lipinski definition) is 3. The molecule has 0 bridgehead atoms. The van der Waals surface area contributed by atoms with Crippen LogP contribution in [0.5, 0.6) is 5.75 Å². The van der Waals surface area contributed by atoms with Crippen LogP contribution in [0.3, 0.4) is 0 Å². The normalized spacial score (nSPS) is 9.83. The second kappa shape index (κ2) is 2.94. The van der Waals surface area contributed by atoms with E-state index < -0.39 is 22.2 Å². The standard InChI is InChI=1S/C6H3ClFNO3/c7-3-1-2-4(9(11)12)5(8)6(3)10/h1-2,10H. The van der Waals surface area contributed by atoms with Crippen molar-refractivity contribution < 1.29 is 14.4 Å². The minimum atomic E-state index is -1.31. The molecular formula is C6H3ClFNO3. The number of nitrogens with zero attached hydrogens (tertiary/aromatic N) is 1. The number of phenols is 1. The number of halogens is 2. The zero-order valence-electron chi connectivity index (χ0n) is 5.62. The van der Waals surface area contributed by atoms with Gasteiger partial charge in [0.05, 0.1) is 9.95 Å². The lowest BCUT2D eigenvalue weighted by Crippen LogP contribution is -1.92. The van der Waals surface area contributed by atoms with Gasteiger partial charge in [-0.1, -0.05) is 11.6 Å². The Morgan fingerprint density at radius 1 is 1.58 bits per heavy atom. The van der Waals surface area contributed by atoms with Crippen LogP contribution in [0.2, 0.25) is 5.02 Å². The molecule has 0 saturated carbocycles. The van der Waals surface area contributed by atoms with E-state index >= 15 is 0 Å². The predicted octanol–water partition coefficient (Wildman–Crippen LogP) is 2.09. The number of hydrogen-bond donors (Lipinski definition) is 1. The van der Waals surface area contributed by atoms with Crippen LogP contribution in [0.25, 0.3) is 0 Å². The number of nitro benzene ring substituents is 1. The van der Waals surface area contributed by atoms with Crippen molar-refractivity contribution in [1.29, 1.82) is 0 Å². The maximum absolute atomic E-state index is 12.7. The monoisotopic (exact) mass is 191 g/mol. The molecule has 4 nitrogen and oxygen atoms in total. The average Bonchev–Trinajstić information content (AvgIpc) is 2.00. The van der Waals surface area contributed by atoms with Gasteiger partial charge in [0, 0.05) is 6.07 Å². The first kappa shape index (κ1) is 8.73. The van der Waals surface area contributed by atoms with E-state index in [1.54, 1.807) is 0 Å². The summed E-state index contributed by atoms with van der Waals surface area (Å²) in [7, 11) is 0. The fourth-order valence-electron chi connectivity index (χ4n) is 0.671. The molecule has 64 valence electrons. The zero-order valence-corrected chi connectivity index (χ0v) is 6.38. The average molecular weight is 192 g/mol. The van der Waals surface area contributed by atoms with Crippen LogP contribution in [0, 0.1) is 15.9 Å². The number of nitro groups is 1. The Balaban J connectivity index is 3.36. The first-order chi connectivity index (χ1) is 5.54. The molecule has 0 atom stereocenters. The first-order valence-electron chi connectivity index (χ1n) is 2.85. The summed E-state index contributed by atoms with van der Waals surface area (Å²) in [4.78, 5) is 9.16. The summed E-state index contributed by atoms with van der Waals surface area (Å²) in [6.07, 6.45) is 0. The van der Waals surface area contributed by atoms with Crippen LogP contribution in [0.15, 0.2) is 12.1 Å². The van der Waals surface area contributed by atoms with E-state index in [9.17, 15) is 14.5 Å². The summed E-state index contributed by atoms with van der Waals surface area (Å²) in [6.45, 7) is 0. The van der Waals surface area contributed by atoms with Crippen LogP contribution in [-0.2, 0) is 0 Å². The summed E-state index contributed by atoms with van der Waals surface area (Å²) in [5.41, 5.74) is -0.795. The molecule has 1 N–H and O–H groups in total. The molecule has 1 aromatic carbocycles. The first-order valence-corrected chi connectivity index (χ1v) is 3.23. The zero-order chi connectivity index (χ0) is 9.30. The molecule has 0 aromatic heterocycles. The smallest absolute Gasteiger partial charge is 0.308 e. The molecule has 0 amide bonds. The third kappa shape index (κ3) is 1.31. The van der Waals surface area contributed by atoms with Crippen molar-refractivity contribution in [2.24, 2.45) is 0 Å². The Kier molecular flexibility index (Phi) is 2.14. The largest absolute Gasteiger partial charge is 0.504 e. The minimum Gasteiger partial charge on any atom is -0.504 e. The molecule has 6 heteroatoms. The lowest BCUT2D eigenvalue weighted by Gasteiger charge is -1.97. The molecule has 0 fully saturated rings. The van der Waals surface area contributed by atoms with E-state index in [2.05, 4.69) is 0 Å². The maximum Gasteiger partial charge on any atom is 0.308 e. The van der Waals surface area contributed by atoms with E-state index in [1.165, 1.54) is 0 Å². The van der Waals surface area contributed by atoms with Gasteiger partial charge in [0.15, 0.2) is 5.75 Å². The highest BCUT2D eigenvalue weighted by Gasteiger charge is 2.19. The quantitative estimate of drug-likeness (QED) is 0.546.